The number of hydrogen-bond acceptors (Lipinski definition) is 5. The minimum Gasteiger partial charge on any atom is -0.454 e. The predicted octanol–water partition coefficient (Wildman–Crippen LogP) is 3.15. The quantitative estimate of drug-likeness (QED) is 0.758. The van der Waals surface area contributed by atoms with Gasteiger partial charge < -0.3 is 9.73 Å². The van der Waals surface area contributed by atoms with E-state index in [0.717, 1.165) is 12.4 Å². The van der Waals surface area contributed by atoms with Gasteiger partial charge in [0.25, 0.3) is 5.78 Å². The van der Waals surface area contributed by atoms with Gasteiger partial charge in [0.05, 0.1) is 0 Å². The lowest BCUT2D eigenvalue weighted by Gasteiger charge is -2.10. The first-order chi connectivity index (χ1) is 10.4. The fourth-order valence-electron chi connectivity index (χ4n) is 1.88. The summed E-state index contributed by atoms with van der Waals surface area (Å²) < 4.78 is 45.6. The summed E-state index contributed by atoms with van der Waals surface area (Å²) in [6.45, 7) is 0.371. The van der Waals surface area contributed by atoms with E-state index in [1.165, 1.54) is 4.52 Å². The molecular weight excluding hydrogens is 367 g/mol. The highest BCUT2D eigenvalue weighted by atomic mass is 79.9. The van der Waals surface area contributed by atoms with Crippen molar-refractivity contribution in [3.63, 3.8) is 0 Å². The molecule has 0 saturated heterocycles. The van der Waals surface area contributed by atoms with Gasteiger partial charge in [0.2, 0.25) is 0 Å². The number of anilines is 1. The number of halogens is 4. The summed E-state index contributed by atoms with van der Waals surface area (Å²) >= 11 is 3.18. The lowest BCUT2D eigenvalue weighted by atomic mass is 10.3. The number of furan rings is 1. The molecule has 0 aliphatic rings. The van der Waals surface area contributed by atoms with Crippen molar-refractivity contribution in [2.45, 2.75) is 12.6 Å². The van der Waals surface area contributed by atoms with Gasteiger partial charge in [-0.2, -0.15) is 27.8 Å². The fraction of sp³-hybridized carbons (Fsp3) is 0.250. The minimum absolute atomic E-state index is 0.113. The minimum atomic E-state index is -4.55. The lowest BCUT2D eigenvalue weighted by Crippen LogP contribution is -2.14. The number of hydrogen-bond donors (Lipinski definition) is 1. The van der Waals surface area contributed by atoms with Gasteiger partial charge in [-0.1, -0.05) is 0 Å². The van der Waals surface area contributed by atoms with Crippen LogP contribution in [0.1, 0.15) is 11.5 Å². The van der Waals surface area contributed by atoms with Crippen LogP contribution in [0, 0.1) is 0 Å². The molecule has 1 N–H and O–H groups in total. The maximum absolute atomic E-state index is 12.8. The molecule has 0 aliphatic carbocycles. The molecule has 0 unspecified atom stereocenters. The molecule has 6 nitrogen and oxygen atoms in total. The van der Waals surface area contributed by atoms with Crippen LogP contribution in [0.5, 0.6) is 0 Å². The second-order valence-corrected chi connectivity index (χ2v) is 5.16. The number of alkyl halides is 3. The standard InChI is InChI=1S/C12H9BrF3N5O/c13-9-2-1-7(22-9)3-4-17-10-5-8(12(14,15)16)20-11-18-6-19-21(10)11/h1-2,5-6,17H,3-4H2. The molecule has 0 radical (unpaired) electrons. The number of fused-ring (bicyclic) bond motifs is 1. The third kappa shape index (κ3) is 3.06. The topological polar surface area (TPSA) is 68.2 Å². The highest BCUT2D eigenvalue weighted by Crippen LogP contribution is 2.29. The van der Waals surface area contributed by atoms with Crippen molar-refractivity contribution in [2.24, 2.45) is 0 Å². The highest BCUT2D eigenvalue weighted by molar-refractivity contribution is 9.10. The van der Waals surface area contributed by atoms with E-state index < -0.39 is 11.9 Å². The number of nitrogens with one attached hydrogen (secondary N) is 1. The zero-order valence-electron chi connectivity index (χ0n) is 10.9. The van der Waals surface area contributed by atoms with E-state index >= 15 is 0 Å². The number of nitrogens with zero attached hydrogens (tertiary/aromatic N) is 4. The van der Waals surface area contributed by atoms with E-state index in [2.05, 4.69) is 36.3 Å². The molecule has 0 saturated carbocycles. The maximum Gasteiger partial charge on any atom is 0.433 e. The molecule has 0 fully saturated rings. The van der Waals surface area contributed by atoms with Gasteiger partial charge in [0.1, 0.15) is 17.9 Å². The Morgan fingerprint density at radius 1 is 1.32 bits per heavy atom. The van der Waals surface area contributed by atoms with Gasteiger partial charge in [-0.25, -0.2) is 4.98 Å². The van der Waals surface area contributed by atoms with Gasteiger partial charge in [-0.05, 0) is 28.1 Å². The average molecular weight is 376 g/mol. The lowest BCUT2D eigenvalue weighted by molar-refractivity contribution is -0.141. The van der Waals surface area contributed by atoms with Crippen LogP contribution in [0.3, 0.4) is 0 Å². The van der Waals surface area contributed by atoms with E-state index in [1.54, 1.807) is 12.1 Å². The highest BCUT2D eigenvalue weighted by Gasteiger charge is 2.34. The second-order valence-electron chi connectivity index (χ2n) is 4.38. The third-order valence-electron chi connectivity index (χ3n) is 2.85. The van der Waals surface area contributed by atoms with E-state index in [1.807, 2.05) is 0 Å². The molecule has 0 bridgehead atoms. The van der Waals surface area contributed by atoms with E-state index in [0.29, 0.717) is 23.4 Å². The van der Waals surface area contributed by atoms with Crippen LogP contribution < -0.4 is 5.32 Å². The van der Waals surface area contributed by atoms with Gasteiger partial charge >= 0.3 is 6.18 Å². The van der Waals surface area contributed by atoms with Crippen molar-refractivity contribution in [1.82, 2.24) is 19.6 Å². The Morgan fingerprint density at radius 2 is 2.14 bits per heavy atom. The van der Waals surface area contributed by atoms with Crippen molar-refractivity contribution in [1.29, 1.82) is 0 Å². The Balaban J connectivity index is 1.81. The summed E-state index contributed by atoms with van der Waals surface area (Å²) in [6.07, 6.45) is -2.89. The van der Waals surface area contributed by atoms with Crippen LogP contribution in [-0.4, -0.2) is 26.1 Å². The Kier molecular flexibility index (Phi) is 3.77. The molecule has 10 heteroatoms. The Bertz CT molecular complexity index is 798. The Hall–Kier alpha value is -2.10. The summed E-state index contributed by atoms with van der Waals surface area (Å²) in [6, 6.07) is 4.43. The molecule has 0 spiro atoms. The summed E-state index contributed by atoms with van der Waals surface area (Å²) in [7, 11) is 0. The average Bonchev–Trinajstić information content (AvgIpc) is 3.06. The molecule has 0 aliphatic heterocycles. The first-order valence-electron chi connectivity index (χ1n) is 6.19. The number of aromatic nitrogens is 4. The van der Waals surface area contributed by atoms with Gasteiger partial charge in [0.15, 0.2) is 10.4 Å². The predicted molar refractivity (Wildman–Crippen MR) is 74.4 cm³/mol. The van der Waals surface area contributed by atoms with Crippen LogP contribution in [0.2, 0.25) is 0 Å². The molecule has 3 aromatic heterocycles. The smallest absolute Gasteiger partial charge is 0.433 e. The third-order valence-corrected chi connectivity index (χ3v) is 3.27. The largest absolute Gasteiger partial charge is 0.454 e. The van der Waals surface area contributed by atoms with Gasteiger partial charge in [-0.3, -0.25) is 0 Å². The molecular formula is C12H9BrF3N5O. The van der Waals surface area contributed by atoms with Crippen molar-refractivity contribution in [3.8, 4) is 0 Å². The maximum atomic E-state index is 12.8. The van der Waals surface area contributed by atoms with E-state index in [9.17, 15) is 13.2 Å². The summed E-state index contributed by atoms with van der Waals surface area (Å²) in [4.78, 5) is 7.14. The molecule has 3 aromatic rings. The van der Waals surface area contributed by atoms with Crippen molar-refractivity contribution in [2.75, 3.05) is 11.9 Å². The molecule has 116 valence electrons. The summed E-state index contributed by atoms with van der Waals surface area (Å²) in [5.41, 5.74) is -1.02. The van der Waals surface area contributed by atoms with Crippen LogP contribution in [0.25, 0.3) is 5.78 Å². The molecule has 0 atom stereocenters. The van der Waals surface area contributed by atoms with Crippen LogP contribution in [-0.2, 0) is 12.6 Å². The molecule has 22 heavy (non-hydrogen) atoms. The second kappa shape index (κ2) is 5.59. The molecule has 3 rings (SSSR count). The fourth-order valence-corrected chi connectivity index (χ4v) is 2.22. The molecule has 0 amide bonds. The zero-order chi connectivity index (χ0) is 15.7. The van der Waals surface area contributed by atoms with Crippen molar-refractivity contribution >= 4 is 27.5 Å². The Labute approximate surface area is 130 Å². The van der Waals surface area contributed by atoms with Gasteiger partial charge in [-0.15, -0.1) is 0 Å². The molecule has 0 aromatic carbocycles. The van der Waals surface area contributed by atoms with Crippen LogP contribution >= 0.6 is 15.9 Å². The number of rotatable bonds is 4. The van der Waals surface area contributed by atoms with Crippen LogP contribution in [0.15, 0.2) is 33.6 Å². The summed E-state index contributed by atoms with van der Waals surface area (Å²) in [5, 5.41) is 6.74. The SMILES string of the molecule is FC(F)(F)c1cc(NCCc2ccc(Br)o2)n2ncnc2n1. The van der Waals surface area contributed by atoms with Crippen molar-refractivity contribution in [3.05, 3.63) is 40.7 Å². The van der Waals surface area contributed by atoms with Crippen LogP contribution in [0.4, 0.5) is 19.0 Å². The first-order valence-corrected chi connectivity index (χ1v) is 6.99. The van der Waals surface area contributed by atoms with E-state index in [4.69, 9.17) is 4.42 Å². The van der Waals surface area contributed by atoms with Crippen molar-refractivity contribution < 1.29 is 17.6 Å². The van der Waals surface area contributed by atoms with E-state index in [-0.39, 0.29) is 11.6 Å². The first kappa shape index (κ1) is 14.8. The summed E-state index contributed by atoms with van der Waals surface area (Å²) in [5.74, 6) is 0.762. The normalized spacial score (nSPS) is 12.0. The Morgan fingerprint density at radius 3 is 2.82 bits per heavy atom. The van der Waals surface area contributed by atoms with Gasteiger partial charge in [0, 0.05) is 19.0 Å². The molecule has 3 heterocycles. The zero-order valence-corrected chi connectivity index (χ0v) is 12.5. The monoisotopic (exact) mass is 375 g/mol.